The maximum absolute atomic E-state index is 12.9. The van der Waals surface area contributed by atoms with Crippen LogP contribution >= 0.6 is 0 Å². The largest absolute Gasteiger partial charge is 0.447 e. The number of aryl methyl sites for hydroxylation is 1. The molecule has 0 saturated carbocycles. The summed E-state index contributed by atoms with van der Waals surface area (Å²) < 4.78 is 5.11. The molecular weight excluding hydrogens is 394 g/mol. The number of ether oxygens (including phenoxy) is 1. The van der Waals surface area contributed by atoms with E-state index in [0.29, 0.717) is 43.9 Å². The minimum Gasteiger partial charge on any atom is -0.447 e. The van der Waals surface area contributed by atoms with Crippen LogP contribution in [0, 0.1) is 12.8 Å². The van der Waals surface area contributed by atoms with Crippen molar-refractivity contribution in [2.45, 2.75) is 39.2 Å². The summed E-state index contributed by atoms with van der Waals surface area (Å²) >= 11 is 0. The summed E-state index contributed by atoms with van der Waals surface area (Å²) in [6, 6.07) is 11.0. The first-order valence-electron chi connectivity index (χ1n) is 10.8. The van der Waals surface area contributed by atoms with Crippen molar-refractivity contribution in [3.05, 3.63) is 59.3 Å². The molecule has 0 bridgehead atoms. The highest BCUT2D eigenvalue weighted by atomic mass is 16.6. The van der Waals surface area contributed by atoms with Gasteiger partial charge >= 0.3 is 6.09 Å². The van der Waals surface area contributed by atoms with Gasteiger partial charge in [0.25, 0.3) is 5.91 Å². The molecule has 162 valence electrons. The second kappa shape index (κ2) is 8.88. The second-order valence-corrected chi connectivity index (χ2v) is 8.21. The summed E-state index contributed by atoms with van der Waals surface area (Å²) in [5.74, 6) is 0.491. The lowest BCUT2D eigenvalue weighted by atomic mass is 9.88. The maximum atomic E-state index is 12.9. The lowest BCUT2D eigenvalue weighted by Crippen LogP contribution is -2.40. The van der Waals surface area contributed by atoms with Crippen molar-refractivity contribution in [1.29, 1.82) is 0 Å². The Bertz CT molecular complexity index is 963. The van der Waals surface area contributed by atoms with Gasteiger partial charge in [-0.2, -0.15) is 0 Å². The van der Waals surface area contributed by atoms with E-state index in [9.17, 15) is 14.4 Å². The number of nitrogens with zero attached hydrogens (tertiary/aromatic N) is 3. The fourth-order valence-corrected chi connectivity index (χ4v) is 4.18. The van der Waals surface area contributed by atoms with Gasteiger partial charge in [-0.15, -0.1) is 0 Å². The van der Waals surface area contributed by atoms with E-state index in [1.54, 1.807) is 17.0 Å². The third kappa shape index (κ3) is 4.31. The smallest absolute Gasteiger partial charge is 0.415 e. The average Bonchev–Trinajstić information content (AvgIpc) is 3.19. The molecule has 0 N–H and O–H groups in total. The van der Waals surface area contributed by atoms with Gasteiger partial charge in [-0.25, -0.2) is 9.78 Å². The molecule has 1 aromatic carbocycles. The molecule has 2 saturated heterocycles. The molecule has 31 heavy (non-hydrogen) atoms. The zero-order chi connectivity index (χ0) is 22.0. The lowest BCUT2D eigenvalue weighted by molar-refractivity contribution is 0.0650. The molecule has 2 aromatic rings. The minimum atomic E-state index is -0.404. The zero-order valence-corrected chi connectivity index (χ0v) is 17.9. The summed E-state index contributed by atoms with van der Waals surface area (Å²) in [7, 11) is 0. The third-order valence-corrected chi connectivity index (χ3v) is 6.16. The molecule has 1 aromatic heterocycles. The fraction of sp³-hybridized carbons (Fsp3) is 0.417. The highest BCUT2D eigenvalue weighted by molar-refractivity contribution is 5.98. The number of hydrogen-bond donors (Lipinski definition) is 0. The zero-order valence-electron chi connectivity index (χ0n) is 17.9. The monoisotopic (exact) mass is 421 g/mol. The minimum absolute atomic E-state index is 0.0355. The number of aromatic nitrogens is 1. The molecule has 2 amide bonds. The number of cyclic esters (lactones) is 1. The Labute approximate surface area is 182 Å². The lowest BCUT2D eigenvalue weighted by Gasteiger charge is -2.31. The van der Waals surface area contributed by atoms with Gasteiger partial charge in [0.05, 0.1) is 11.6 Å². The van der Waals surface area contributed by atoms with E-state index in [0.717, 1.165) is 17.5 Å². The molecule has 2 aliphatic rings. The van der Waals surface area contributed by atoms with E-state index in [-0.39, 0.29) is 23.7 Å². The Morgan fingerprint density at radius 2 is 1.74 bits per heavy atom. The van der Waals surface area contributed by atoms with Crippen LogP contribution in [0.5, 0.6) is 0 Å². The van der Waals surface area contributed by atoms with E-state index < -0.39 is 6.09 Å². The first-order chi connectivity index (χ1) is 15.0. The van der Waals surface area contributed by atoms with Gasteiger partial charge in [-0.3, -0.25) is 14.5 Å². The fourth-order valence-electron chi connectivity index (χ4n) is 4.18. The molecule has 2 aliphatic heterocycles. The number of pyridine rings is 1. The Morgan fingerprint density at radius 1 is 1.06 bits per heavy atom. The van der Waals surface area contributed by atoms with Crippen molar-refractivity contribution in [1.82, 2.24) is 9.88 Å². The van der Waals surface area contributed by atoms with Crippen molar-refractivity contribution in [3.63, 3.8) is 0 Å². The summed E-state index contributed by atoms with van der Waals surface area (Å²) in [5.41, 5.74) is 2.34. The van der Waals surface area contributed by atoms with Crippen LogP contribution in [0.3, 0.4) is 0 Å². The molecule has 3 heterocycles. The molecule has 7 heteroatoms. The Hall–Kier alpha value is -3.22. The van der Waals surface area contributed by atoms with E-state index in [4.69, 9.17) is 4.74 Å². The van der Waals surface area contributed by atoms with Gasteiger partial charge < -0.3 is 9.64 Å². The van der Waals surface area contributed by atoms with E-state index >= 15 is 0 Å². The number of hydrogen-bond acceptors (Lipinski definition) is 5. The summed E-state index contributed by atoms with van der Waals surface area (Å²) in [5, 5.41) is 0. The van der Waals surface area contributed by atoms with E-state index in [1.165, 1.54) is 11.1 Å². The van der Waals surface area contributed by atoms with Gasteiger partial charge in [0.15, 0.2) is 5.78 Å². The van der Waals surface area contributed by atoms with Crippen molar-refractivity contribution in [3.8, 4) is 0 Å². The van der Waals surface area contributed by atoms with Crippen LogP contribution in [-0.2, 0) is 4.74 Å². The number of rotatable bonds is 5. The van der Waals surface area contributed by atoms with Crippen LogP contribution in [0.4, 0.5) is 10.6 Å². The summed E-state index contributed by atoms with van der Waals surface area (Å²) in [6.45, 7) is 5.43. The quantitative estimate of drug-likeness (QED) is 0.685. The van der Waals surface area contributed by atoms with Crippen molar-refractivity contribution < 1.29 is 19.1 Å². The van der Waals surface area contributed by atoms with Crippen molar-refractivity contribution in [2.75, 3.05) is 24.6 Å². The Morgan fingerprint density at radius 3 is 2.35 bits per heavy atom. The van der Waals surface area contributed by atoms with Gasteiger partial charge in [0.1, 0.15) is 12.4 Å². The molecule has 7 nitrogen and oxygen atoms in total. The standard InChI is InChI=1S/C24H27N3O4/c1-3-20-15-31-24(30)27(20)21-9-8-19(14-25-21)23(29)26-12-10-18(11-13-26)22(28)17-6-4-16(2)5-7-17/h4-9,14,18,20H,3,10-13,15H2,1-2H3. The second-order valence-electron chi connectivity index (χ2n) is 8.21. The number of benzene rings is 1. The normalized spacial score (nSPS) is 19.4. The summed E-state index contributed by atoms with van der Waals surface area (Å²) in [4.78, 5) is 45.3. The van der Waals surface area contributed by atoms with Crippen LogP contribution < -0.4 is 4.90 Å². The molecule has 0 spiro atoms. The number of anilines is 1. The molecular formula is C24H27N3O4. The number of piperidine rings is 1. The number of amides is 2. The topological polar surface area (TPSA) is 79.8 Å². The molecule has 2 fully saturated rings. The predicted octanol–water partition coefficient (Wildman–Crippen LogP) is 3.86. The molecule has 0 radical (unpaired) electrons. The Kier molecular flexibility index (Phi) is 6.02. The van der Waals surface area contributed by atoms with Crippen molar-refractivity contribution >= 4 is 23.6 Å². The van der Waals surface area contributed by atoms with Crippen LogP contribution in [0.25, 0.3) is 0 Å². The average molecular weight is 421 g/mol. The number of ketones is 1. The molecule has 4 rings (SSSR count). The first-order valence-corrected chi connectivity index (χ1v) is 10.8. The van der Waals surface area contributed by atoms with Crippen LogP contribution in [0.2, 0.25) is 0 Å². The number of carbonyl (C=O) groups excluding carboxylic acids is 3. The summed E-state index contributed by atoms with van der Waals surface area (Å²) in [6.07, 6.45) is 3.19. The number of likely N-dealkylation sites (tertiary alicyclic amines) is 1. The van der Waals surface area contributed by atoms with Crippen LogP contribution in [0.15, 0.2) is 42.6 Å². The molecule has 1 atom stereocenters. The predicted molar refractivity (Wildman–Crippen MR) is 116 cm³/mol. The van der Waals surface area contributed by atoms with Gasteiger partial charge in [-0.05, 0) is 38.3 Å². The maximum Gasteiger partial charge on any atom is 0.415 e. The van der Waals surface area contributed by atoms with Gasteiger partial charge in [0.2, 0.25) is 0 Å². The van der Waals surface area contributed by atoms with Gasteiger partial charge in [0, 0.05) is 30.8 Å². The molecule has 0 aliphatic carbocycles. The third-order valence-electron chi connectivity index (χ3n) is 6.16. The SMILES string of the molecule is CCC1COC(=O)N1c1ccc(C(=O)N2CCC(C(=O)c3ccc(C)cc3)CC2)cn1. The van der Waals surface area contributed by atoms with Crippen LogP contribution in [0.1, 0.15) is 52.5 Å². The highest BCUT2D eigenvalue weighted by Gasteiger charge is 2.34. The highest BCUT2D eigenvalue weighted by Crippen LogP contribution is 2.25. The van der Waals surface area contributed by atoms with Crippen LogP contribution in [-0.4, -0.2) is 53.4 Å². The Balaban J connectivity index is 1.37. The first kappa shape index (κ1) is 21.0. The van der Waals surface area contributed by atoms with Crippen molar-refractivity contribution in [2.24, 2.45) is 5.92 Å². The molecule has 1 unspecified atom stereocenters. The number of Topliss-reactive ketones (excluding diaryl/α,β-unsaturated/α-hetero) is 1. The van der Waals surface area contributed by atoms with Gasteiger partial charge in [-0.1, -0.05) is 36.8 Å². The van der Waals surface area contributed by atoms with E-state index in [1.807, 2.05) is 38.1 Å². The number of carbonyl (C=O) groups is 3. The van der Waals surface area contributed by atoms with E-state index in [2.05, 4.69) is 4.98 Å².